The smallest absolute Gasteiger partial charge is 0.343 e. The average molecular weight is 475 g/mol. The van der Waals surface area contributed by atoms with Crippen LogP contribution in [0.3, 0.4) is 0 Å². The molecule has 1 saturated carbocycles. The molecule has 4 aliphatic rings. The summed E-state index contributed by atoms with van der Waals surface area (Å²) >= 11 is 0. The van der Waals surface area contributed by atoms with Gasteiger partial charge in [0, 0.05) is 11.6 Å². The summed E-state index contributed by atoms with van der Waals surface area (Å²) in [4.78, 5) is 49.5. The molecule has 4 atom stereocenters. The number of imide groups is 1. The maximum atomic E-state index is 12.9. The van der Waals surface area contributed by atoms with Crippen LogP contribution in [0.2, 0.25) is 0 Å². The Kier molecular flexibility index (Phi) is 4.66. The van der Waals surface area contributed by atoms with Gasteiger partial charge in [-0.25, -0.2) is 4.79 Å². The Hall–Kier alpha value is -4.54. The molecular formula is C24H17N3O8. The normalized spacial score (nSPS) is 25.5. The number of nitro groups is 1. The first-order valence-corrected chi connectivity index (χ1v) is 10.9. The third-order valence-electron chi connectivity index (χ3n) is 6.78. The van der Waals surface area contributed by atoms with Crippen LogP contribution in [0, 0.1) is 33.8 Å². The van der Waals surface area contributed by atoms with Gasteiger partial charge in [-0.1, -0.05) is 18.2 Å². The van der Waals surface area contributed by atoms with Crippen molar-refractivity contribution in [3.8, 4) is 17.2 Å². The number of carbonyl (C=O) groups is 3. The number of carbonyl (C=O) groups excluding carboxylic acids is 3. The number of para-hydroxylation sites is 1. The van der Waals surface area contributed by atoms with Gasteiger partial charge in [0.05, 0.1) is 28.5 Å². The topological polar surface area (TPSA) is 138 Å². The number of amides is 2. The van der Waals surface area contributed by atoms with E-state index in [1.165, 1.54) is 36.4 Å². The van der Waals surface area contributed by atoms with Gasteiger partial charge in [-0.05, 0) is 42.5 Å². The first-order valence-electron chi connectivity index (χ1n) is 10.9. The van der Waals surface area contributed by atoms with E-state index in [0.717, 1.165) is 17.6 Å². The molecule has 2 aliphatic heterocycles. The van der Waals surface area contributed by atoms with Gasteiger partial charge in [0.1, 0.15) is 0 Å². The summed E-state index contributed by atoms with van der Waals surface area (Å²) in [6.07, 6.45) is 5.85. The average Bonchev–Trinajstić information content (AvgIpc) is 3.62. The predicted octanol–water partition coefficient (Wildman–Crippen LogP) is 2.68. The Morgan fingerprint density at radius 2 is 1.80 bits per heavy atom. The zero-order valence-corrected chi connectivity index (χ0v) is 18.0. The van der Waals surface area contributed by atoms with E-state index in [4.69, 9.17) is 14.2 Å². The fraction of sp³-hybridized carbons (Fsp3) is 0.250. The third kappa shape index (κ3) is 3.27. The lowest BCUT2D eigenvalue weighted by molar-refractivity contribution is -0.385. The lowest BCUT2D eigenvalue weighted by Gasteiger charge is -2.13. The number of ether oxygens (including phenoxy) is 3. The minimum atomic E-state index is -0.863. The van der Waals surface area contributed by atoms with Gasteiger partial charge in [0.15, 0.2) is 11.5 Å². The van der Waals surface area contributed by atoms with Crippen LogP contribution in [0.25, 0.3) is 0 Å². The highest BCUT2D eigenvalue weighted by Gasteiger charge is 2.59. The number of rotatable bonds is 5. The lowest BCUT2D eigenvalue weighted by Crippen LogP contribution is -2.28. The Balaban J connectivity index is 1.29. The second-order valence-corrected chi connectivity index (χ2v) is 8.64. The number of hydrazone groups is 1. The van der Waals surface area contributed by atoms with E-state index in [0.29, 0.717) is 11.5 Å². The molecule has 2 bridgehead atoms. The van der Waals surface area contributed by atoms with Crippen molar-refractivity contribution in [3.63, 3.8) is 0 Å². The molecule has 176 valence electrons. The van der Waals surface area contributed by atoms with E-state index in [2.05, 4.69) is 5.10 Å². The summed E-state index contributed by atoms with van der Waals surface area (Å²) in [5.41, 5.74) is -0.315. The van der Waals surface area contributed by atoms with Crippen molar-refractivity contribution in [2.45, 2.75) is 6.42 Å². The fourth-order valence-corrected chi connectivity index (χ4v) is 5.19. The van der Waals surface area contributed by atoms with Gasteiger partial charge < -0.3 is 14.2 Å². The van der Waals surface area contributed by atoms with Crippen molar-refractivity contribution in [2.24, 2.45) is 28.8 Å². The summed E-state index contributed by atoms with van der Waals surface area (Å²) in [5, 5.41) is 16.5. The van der Waals surface area contributed by atoms with Crippen LogP contribution < -0.4 is 14.2 Å². The Bertz CT molecular complexity index is 1340. The molecule has 11 nitrogen and oxygen atoms in total. The SMILES string of the molecule is O=C(Oc1c(C=NN2C(=O)C3C4C=CC(C4)C3C2=O)cccc1[N+](=O)[O-])c1ccc2c(c1)OCO2. The minimum absolute atomic E-state index is 0.0197. The zero-order valence-electron chi connectivity index (χ0n) is 18.0. The summed E-state index contributed by atoms with van der Waals surface area (Å²) in [6.45, 7) is 0.0197. The Morgan fingerprint density at radius 1 is 1.09 bits per heavy atom. The van der Waals surface area contributed by atoms with E-state index in [1.54, 1.807) is 0 Å². The van der Waals surface area contributed by atoms with Crippen LogP contribution >= 0.6 is 0 Å². The highest BCUT2D eigenvalue weighted by Crippen LogP contribution is 2.52. The van der Waals surface area contributed by atoms with E-state index in [1.807, 2.05) is 12.2 Å². The first-order chi connectivity index (χ1) is 16.9. The van der Waals surface area contributed by atoms with Gasteiger partial charge in [-0.2, -0.15) is 10.1 Å². The maximum Gasteiger partial charge on any atom is 0.343 e. The van der Waals surface area contributed by atoms with Crippen LogP contribution in [-0.2, 0) is 9.59 Å². The zero-order chi connectivity index (χ0) is 24.3. The molecule has 2 aromatic carbocycles. The van der Waals surface area contributed by atoms with Crippen LogP contribution in [0.15, 0.2) is 53.7 Å². The number of nitro benzene ring substituents is 1. The summed E-state index contributed by atoms with van der Waals surface area (Å²) in [6, 6.07) is 8.40. The molecule has 2 fully saturated rings. The van der Waals surface area contributed by atoms with Crippen LogP contribution in [0.1, 0.15) is 22.3 Å². The number of fused-ring (bicyclic) bond motifs is 6. The van der Waals surface area contributed by atoms with Gasteiger partial charge in [0.2, 0.25) is 12.5 Å². The standard InChI is InChI=1S/C24H17N3O8/c28-22-19-12-4-5-13(8-12)20(19)23(29)26(22)25-10-15-2-1-3-16(27(31)32)21(15)35-24(30)14-6-7-17-18(9-14)34-11-33-17/h1-7,9-10,12-13,19-20H,8,11H2. The number of benzene rings is 2. The van der Waals surface area contributed by atoms with Crippen molar-refractivity contribution in [3.05, 3.63) is 69.8 Å². The summed E-state index contributed by atoms with van der Waals surface area (Å²) < 4.78 is 15.9. The molecule has 0 N–H and O–H groups in total. The molecule has 2 aromatic rings. The molecule has 35 heavy (non-hydrogen) atoms. The summed E-state index contributed by atoms with van der Waals surface area (Å²) in [5.74, 6) is -1.99. The number of nitrogens with zero attached hydrogens (tertiary/aromatic N) is 3. The molecule has 0 spiro atoms. The minimum Gasteiger partial charge on any atom is -0.454 e. The lowest BCUT2D eigenvalue weighted by atomic mass is 9.85. The monoisotopic (exact) mass is 475 g/mol. The molecule has 2 heterocycles. The van der Waals surface area contributed by atoms with Crippen molar-refractivity contribution in [1.29, 1.82) is 0 Å². The number of esters is 1. The van der Waals surface area contributed by atoms with Gasteiger partial charge >= 0.3 is 11.7 Å². The molecule has 2 aliphatic carbocycles. The highest BCUT2D eigenvalue weighted by molar-refractivity contribution is 6.07. The molecule has 0 aromatic heterocycles. The predicted molar refractivity (Wildman–Crippen MR) is 118 cm³/mol. The summed E-state index contributed by atoms with van der Waals surface area (Å²) in [7, 11) is 0. The molecule has 0 radical (unpaired) electrons. The molecule has 2 amide bonds. The molecule has 6 rings (SSSR count). The van der Waals surface area contributed by atoms with E-state index in [-0.39, 0.29) is 35.5 Å². The van der Waals surface area contributed by atoms with Gasteiger partial charge in [-0.15, -0.1) is 0 Å². The van der Waals surface area contributed by atoms with Crippen LogP contribution in [0.5, 0.6) is 17.2 Å². The molecule has 1 saturated heterocycles. The Labute approximate surface area is 197 Å². The second kappa shape index (κ2) is 7.76. The maximum absolute atomic E-state index is 12.9. The Morgan fingerprint density at radius 3 is 2.51 bits per heavy atom. The van der Waals surface area contributed by atoms with Crippen molar-refractivity contribution < 1.29 is 33.5 Å². The fourth-order valence-electron chi connectivity index (χ4n) is 5.19. The van der Waals surface area contributed by atoms with E-state index in [9.17, 15) is 24.5 Å². The number of hydrogen-bond acceptors (Lipinski definition) is 9. The largest absolute Gasteiger partial charge is 0.454 e. The second-order valence-electron chi connectivity index (χ2n) is 8.64. The highest BCUT2D eigenvalue weighted by atomic mass is 16.7. The van der Waals surface area contributed by atoms with Crippen molar-refractivity contribution in [1.82, 2.24) is 5.01 Å². The molecule has 11 heteroatoms. The quantitative estimate of drug-likeness (QED) is 0.122. The molecular weight excluding hydrogens is 458 g/mol. The first kappa shape index (κ1) is 21.0. The number of hydrogen-bond donors (Lipinski definition) is 0. The van der Waals surface area contributed by atoms with E-state index >= 15 is 0 Å². The number of allylic oxidation sites excluding steroid dienone is 2. The van der Waals surface area contributed by atoms with Crippen LogP contribution in [-0.4, -0.2) is 40.7 Å². The van der Waals surface area contributed by atoms with Crippen LogP contribution in [0.4, 0.5) is 5.69 Å². The van der Waals surface area contributed by atoms with Gasteiger partial charge in [-0.3, -0.25) is 19.7 Å². The molecule has 4 unspecified atom stereocenters. The third-order valence-corrected chi connectivity index (χ3v) is 6.78. The van der Waals surface area contributed by atoms with E-state index < -0.39 is 40.2 Å². The van der Waals surface area contributed by atoms with Gasteiger partial charge in [0.25, 0.3) is 11.8 Å². The van der Waals surface area contributed by atoms with Crippen molar-refractivity contribution in [2.75, 3.05) is 6.79 Å². The van der Waals surface area contributed by atoms with Crippen molar-refractivity contribution >= 4 is 29.7 Å².